The lowest BCUT2D eigenvalue weighted by Gasteiger charge is -2.24. The Kier molecular flexibility index (Phi) is 6.28. The Hall–Kier alpha value is -2.97. The number of thiazole rings is 1. The summed E-state index contributed by atoms with van der Waals surface area (Å²) in [4.78, 5) is 13.6. The number of hydrogen-bond acceptors (Lipinski definition) is 6. The fraction of sp³-hybridized carbons (Fsp3) is 0.240. The van der Waals surface area contributed by atoms with Crippen LogP contribution in [0.1, 0.15) is 43.7 Å². The van der Waals surface area contributed by atoms with Crippen molar-refractivity contribution in [2.75, 3.05) is 0 Å². The summed E-state index contributed by atoms with van der Waals surface area (Å²) in [6, 6.07) is 14.8. The smallest absolute Gasteiger partial charge is 0.345 e. The van der Waals surface area contributed by atoms with Crippen molar-refractivity contribution in [3.05, 3.63) is 79.2 Å². The second kappa shape index (κ2) is 9.49. The molecule has 2 aromatic carbocycles. The minimum Gasteiger partial charge on any atom is -0.507 e. The van der Waals surface area contributed by atoms with Gasteiger partial charge < -0.3 is 14.1 Å². The van der Waals surface area contributed by atoms with Crippen molar-refractivity contribution in [2.24, 2.45) is 10.2 Å². The van der Waals surface area contributed by atoms with Crippen LogP contribution in [-0.4, -0.2) is 15.9 Å². The summed E-state index contributed by atoms with van der Waals surface area (Å²) in [7, 11) is 0. The van der Waals surface area contributed by atoms with E-state index in [-0.39, 0.29) is 17.4 Å². The molecule has 5 rings (SSSR count). The van der Waals surface area contributed by atoms with Crippen molar-refractivity contribution in [2.45, 2.75) is 38.1 Å². The summed E-state index contributed by atoms with van der Waals surface area (Å²) >= 11 is 4.86. The number of benzene rings is 2. The molecule has 0 unspecified atom stereocenters. The van der Waals surface area contributed by atoms with Crippen LogP contribution in [0.4, 0.5) is 0 Å². The number of para-hydroxylation sites is 1. The topological polar surface area (TPSA) is 80.1 Å². The monoisotopic (exact) mass is 523 g/mol. The van der Waals surface area contributed by atoms with Crippen molar-refractivity contribution >= 4 is 44.5 Å². The van der Waals surface area contributed by atoms with E-state index >= 15 is 0 Å². The molecular weight excluding hydrogens is 502 g/mol. The van der Waals surface area contributed by atoms with Gasteiger partial charge in [0.15, 0.2) is 0 Å². The van der Waals surface area contributed by atoms with Crippen LogP contribution in [0.3, 0.4) is 0 Å². The molecule has 2 heterocycles. The Balaban J connectivity index is 1.62. The summed E-state index contributed by atoms with van der Waals surface area (Å²) in [5, 5.41) is 21.6. The molecule has 0 atom stereocenters. The predicted molar refractivity (Wildman–Crippen MR) is 135 cm³/mol. The molecule has 2 aromatic heterocycles. The van der Waals surface area contributed by atoms with Gasteiger partial charge in [0.05, 0.1) is 17.5 Å². The van der Waals surface area contributed by atoms with Gasteiger partial charge in [0.25, 0.3) is 0 Å². The van der Waals surface area contributed by atoms with Crippen LogP contribution in [-0.2, 0) is 0 Å². The van der Waals surface area contributed by atoms with Gasteiger partial charge in [0.1, 0.15) is 11.3 Å². The fourth-order valence-electron chi connectivity index (χ4n) is 4.29. The largest absolute Gasteiger partial charge is 0.507 e. The first-order valence-electron chi connectivity index (χ1n) is 10.9. The van der Waals surface area contributed by atoms with Crippen LogP contribution in [0.2, 0.25) is 0 Å². The average molecular weight is 524 g/mol. The Bertz CT molecular complexity index is 1460. The molecule has 4 aromatic rings. The molecule has 1 fully saturated rings. The van der Waals surface area contributed by atoms with Crippen LogP contribution in [0, 0.1) is 0 Å². The SMILES string of the molecule is O=c1oc2ccccc2cc1-c1cs/c(=N\N=C\c2cc(Br)ccc2O)n1C1CCCCC1. The van der Waals surface area contributed by atoms with Crippen molar-refractivity contribution < 1.29 is 9.52 Å². The summed E-state index contributed by atoms with van der Waals surface area (Å²) in [5.41, 5.74) is 2.14. The standard InChI is InChI=1S/C25H22BrN3O3S/c26-18-10-11-22(30)17(12-18)14-27-28-25-29(19-7-2-1-3-8-19)21(15-33-25)20-13-16-6-4-5-9-23(16)32-24(20)31/h4-6,9-15,19,30H,1-3,7-8H2/b27-14+,28-25-. The number of aromatic hydroxyl groups is 1. The molecule has 0 amide bonds. The Morgan fingerprint density at radius 1 is 1.12 bits per heavy atom. The van der Waals surface area contributed by atoms with Gasteiger partial charge in [-0.2, -0.15) is 5.10 Å². The summed E-state index contributed by atoms with van der Waals surface area (Å²) < 4.78 is 8.59. The van der Waals surface area contributed by atoms with Crippen LogP contribution in [0.5, 0.6) is 5.75 Å². The second-order valence-electron chi connectivity index (χ2n) is 8.10. The molecule has 1 aliphatic carbocycles. The molecule has 0 aliphatic heterocycles. The Morgan fingerprint density at radius 3 is 2.79 bits per heavy atom. The van der Waals surface area contributed by atoms with Crippen LogP contribution in [0.25, 0.3) is 22.2 Å². The number of aromatic nitrogens is 1. The zero-order valence-electron chi connectivity index (χ0n) is 17.8. The lowest BCUT2D eigenvalue weighted by molar-refractivity contribution is 0.350. The molecule has 33 heavy (non-hydrogen) atoms. The zero-order valence-corrected chi connectivity index (χ0v) is 20.2. The first kappa shape index (κ1) is 21.9. The molecule has 168 valence electrons. The van der Waals surface area contributed by atoms with E-state index in [0.29, 0.717) is 16.7 Å². The molecule has 0 radical (unpaired) electrons. The van der Waals surface area contributed by atoms with Gasteiger partial charge in [-0.25, -0.2) is 4.79 Å². The summed E-state index contributed by atoms with van der Waals surface area (Å²) in [6.45, 7) is 0. The highest BCUT2D eigenvalue weighted by atomic mass is 79.9. The first-order chi connectivity index (χ1) is 16.1. The van der Waals surface area contributed by atoms with Crippen molar-refractivity contribution in [1.82, 2.24) is 4.57 Å². The van der Waals surface area contributed by atoms with Crippen LogP contribution in [0.15, 0.2) is 77.8 Å². The molecule has 0 spiro atoms. The molecule has 0 saturated heterocycles. The van der Waals surface area contributed by atoms with Crippen LogP contribution < -0.4 is 10.4 Å². The summed E-state index contributed by atoms with van der Waals surface area (Å²) in [6.07, 6.45) is 7.12. The van der Waals surface area contributed by atoms with E-state index in [1.54, 1.807) is 24.3 Å². The quantitative estimate of drug-likeness (QED) is 0.195. The van der Waals surface area contributed by atoms with E-state index in [1.165, 1.54) is 24.0 Å². The van der Waals surface area contributed by atoms with Gasteiger partial charge in [-0.3, -0.25) is 0 Å². The number of nitrogens with zero attached hydrogens (tertiary/aromatic N) is 3. The van der Waals surface area contributed by atoms with Gasteiger partial charge in [0.2, 0.25) is 4.80 Å². The minimum absolute atomic E-state index is 0.137. The highest BCUT2D eigenvalue weighted by Gasteiger charge is 2.22. The number of rotatable bonds is 4. The number of phenolic OH excluding ortho intramolecular Hbond substituents is 1. The van der Waals surface area contributed by atoms with E-state index < -0.39 is 0 Å². The Labute approximate surface area is 202 Å². The van der Waals surface area contributed by atoms with Gasteiger partial charge >= 0.3 is 5.63 Å². The van der Waals surface area contributed by atoms with Crippen molar-refractivity contribution in [3.63, 3.8) is 0 Å². The third kappa shape index (κ3) is 4.58. The number of fused-ring (bicyclic) bond motifs is 1. The number of halogens is 1. The average Bonchev–Trinajstić information content (AvgIpc) is 3.25. The van der Waals surface area contributed by atoms with E-state index in [2.05, 4.69) is 30.7 Å². The fourth-order valence-corrected chi connectivity index (χ4v) is 5.58. The minimum atomic E-state index is -0.356. The molecule has 1 aliphatic rings. The maximum atomic E-state index is 12.9. The maximum absolute atomic E-state index is 12.9. The van der Waals surface area contributed by atoms with E-state index in [4.69, 9.17) is 4.42 Å². The first-order valence-corrected chi connectivity index (χ1v) is 12.6. The number of hydrogen-bond donors (Lipinski definition) is 1. The van der Waals surface area contributed by atoms with E-state index in [9.17, 15) is 9.90 Å². The van der Waals surface area contributed by atoms with Gasteiger partial charge in [-0.05, 0) is 43.2 Å². The maximum Gasteiger partial charge on any atom is 0.345 e. The zero-order chi connectivity index (χ0) is 22.8. The molecule has 1 N–H and O–H groups in total. The van der Waals surface area contributed by atoms with Gasteiger partial charge in [-0.15, -0.1) is 16.4 Å². The normalized spacial score (nSPS) is 15.6. The molecule has 8 heteroatoms. The highest BCUT2D eigenvalue weighted by molar-refractivity contribution is 9.10. The van der Waals surface area contributed by atoms with Crippen molar-refractivity contribution in [3.8, 4) is 17.0 Å². The molecule has 0 bridgehead atoms. The third-order valence-electron chi connectivity index (χ3n) is 5.93. The molecular formula is C25H22BrN3O3S. The molecule has 1 saturated carbocycles. The van der Waals surface area contributed by atoms with Gasteiger partial charge in [0, 0.05) is 26.8 Å². The lowest BCUT2D eigenvalue weighted by atomic mass is 9.95. The third-order valence-corrected chi connectivity index (χ3v) is 7.25. The predicted octanol–water partition coefficient (Wildman–Crippen LogP) is 6.23. The summed E-state index contributed by atoms with van der Waals surface area (Å²) in [5.74, 6) is 0.137. The van der Waals surface area contributed by atoms with E-state index in [1.807, 2.05) is 29.6 Å². The van der Waals surface area contributed by atoms with Gasteiger partial charge in [-0.1, -0.05) is 53.4 Å². The van der Waals surface area contributed by atoms with Crippen molar-refractivity contribution in [1.29, 1.82) is 0 Å². The number of phenols is 1. The van der Waals surface area contributed by atoms with E-state index in [0.717, 1.165) is 46.0 Å². The Morgan fingerprint density at radius 2 is 1.94 bits per heavy atom. The lowest BCUT2D eigenvalue weighted by Crippen LogP contribution is -2.24. The highest BCUT2D eigenvalue weighted by Crippen LogP contribution is 2.32. The second-order valence-corrected chi connectivity index (χ2v) is 9.85. The molecule has 6 nitrogen and oxygen atoms in total. The van der Waals surface area contributed by atoms with Crippen LogP contribution >= 0.6 is 27.3 Å².